The van der Waals surface area contributed by atoms with Gasteiger partial charge >= 0.3 is 6.16 Å². The summed E-state index contributed by atoms with van der Waals surface area (Å²) in [6.45, 7) is 0. The summed E-state index contributed by atoms with van der Waals surface area (Å²) in [5.41, 5.74) is -0.413. The molecule has 2 rings (SSSR count). The smallest absolute Gasteiger partial charge is 0.448 e. The molecule has 0 saturated carbocycles. The second kappa shape index (κ2) is 3.28. The number of fused-ring (bicyclic) bond motifs is 1. The molecule has 78 valence electrons. The number of aromatic amines is 1. The minimum absolute atomic E-state index is 0.0474. The maximum Gasteiger partial charge on any atom is 0.531 e. The molecule has 15 heavy (non-hydrogen) atoms. The van der Waals surface area contributed by atoms with E-state index in [0.717, 1.165) is 4.73 Å². The van der Waals surface area contributed by atoms with Crippen LogP contribution in [0.1, 0.15) is 0 Å². The first-order valence-electron chi connectivity index (χ1n) is 3.76. The molecule has 0 atom stereocenters. The van der Waals surface area contributed by atoms with Crippen molar-refractivity contribution in [3.8, 4) is 0 Å². The molecule has 2 aromatic rings. The van der Waals surface area contributed by atoms with E-state index in [-0.39, 0.29) is 16.3 Å². The highest BCUT2D eigenvalue weighted by Gasteiger charge is 2.10. The first kappa shape index (κ1) is 9.53. The molecule has 8 heteroatoms. The SMILES string of the molecule is O=C(O)On1ccc2c(=O)[nH]c(Cl)nc21. The number of hydrogen-bond acceptors (Lipinski definition) is 4. The number of hydrogen-bond donors (Lipinski definition) is 2. The van der Waals surface area contributed by atoms with Gasteiger partial charge in [-0.1, -0.05) is 0 Å². The number of halogens is 1. The molecule has 2 heterocycles. The van der Waals surface area contributed by atoms with Gasteiger partial charge in [-0.05, 0) is 17.7 Å². The summed E-state index contributed by atoms with van der Waals surface area (Å²) in [7, 11) is 0. The van der Waals surface area contributed by atoms with E-state index < -0.39 is 11.7 Å². The topological polar surface area (TPSA) is 97.2 Å². The van der Waals surface area contributed by atoms with Crippen molar-refractivity contribution in [2.24, 2.45) is 0 Å². The molecule has 0 aliphatic rings. The molecule has 0 aliphatic heterocycles. The van der Waals surface area contributed by atoms with Crippen LogP contribution in [0.15, 0.2) is 17.1 Å². The molecule has 0 amide bonds. The zero-order valence-corrected chi connectivity index (χ0v) is 7.85. The number of rotatable bonds is 1. The molecule has 0 aliphatic carbocycles. The average molecular weight is 230 g/mol. The van der Waals surface area contributed by atoms with E-state index in [1.807, 2.05) is 0 Å². The fourth-order valence-corrected chi connectivity index (χ4v) is 1.30. The molecule has 2 N–H and O–H groups in total. The summed E-state index contributed by atoms with van der Waals surface area (Å²) >= 11 is 5.51. The van der Waals surface area contributed by atoms with E-state index in [1.165, 1.54) is 12.3 Å². The molecular formula is C7H4ClN3O4. The number of nitrogens with one attached hydrogen (secondary N) is 1. The quantitative estimate of drug-likeness (QED) is 0.694. The van der Waals surface area contributed by atoms with Gasteiger partial charge in [0.2, 0.25) is 5.28 Å². The molecule has 0 aromatic carbocycles. The number of aromatic nitrogens is 3. The summed E-state index contributed by atoms with van der Waals surface area (Å²) in [6, 6.07) is 1.38. The Kier molecular flexibility index (Phi) is 2.09. The van der Waals surface area contributed by atoms with Crippen molar-refractivity contribution in [2.45, 2.75) is 0 Å². The van der Waals surface area contributed by atoms with Gasteiger partial charge in [-0.2, -0.15) is 9.71 Å². The molecular weight excluding hydrogens is 226 g/mol. The van der Waals surface area contributed by atoms with Gasteiger partial charge in [-0.3, -0.25) is 14.6 Å². The van der Waals surface area contributed by atoms with Crippen molar-refractivity contribution in [1.29, 1.82) is 0 Å². The van der Waals surface area contributed by atoms with Crippen LogP contribution in [0.3, 0.4) is 0 Å². The van der Waals surface area contributed by atoms with Crippen molar-refractivity contribution in [3.63, 3.8) is 0 Å². The Morgan fingerprint density at radius 1 is 1.67 bits per heavy atom. The minimum atomic E-state index is -1.51. The van der Waals surface area contributed by atoms with E-state index in [9.17, 15) is 9.59 Å². The van der Waals surface area contributed by atoms with E-state index >= 15 is 0 Å². The van der Waals surface area contributed by atoms with Crippen LogP contribution >= 0.6 is 11.6 Å². The van der Waals surface area contributed by atoms with Crippen LogP contribution in [-0.2, 0) is 0 Å². The van der Waals surface area contributed by atoms with Crippen LogP contribution in [0, 0.1) is 0 Å². The summed E-state index contributed by atoms with van der Waals surface area (Å²) in [5, 5.41) is 8.45. The Morgan fingerprint density at radius 2 is 2.40 bits per heavy atom. The highest BCUT2D eigenvalue weighted by molar-refractivity contribution is 6.28. The van der Waals surface area contributed by atoms with Gasteiger partial charge in [-0.15, -0.1) is 0 Å². The van der Waals surface area contributed by atoms with Gasteiger partial charge in [0, 0.05) is 6.20 Å². The van der Waals surface area contributed by atoms with Crippen molar-refractivity contribution in [3.05, 3.63) is 27.9 Å². The van der Waals surface area contributed by atoms with Gasteiger partial charge in [0.25, 0.3) is 5.56 Å². The lowest BCUT2D eigenvalue weighted by molar-refractivity contribution is 0.0856. The van der Waals surface area contributed by atoms with Crippen LogP contribution in [0.2, 0.25) is 5.28 Å². The Morgan fingerprint density at radius 3 is 3.07 bits per heavy atom. The predicted octanol–water partition coefficient (Wildman–Crippen LogP) is 0.485. The summed E-state index contributed by atoms with van der Waals surface area (Å²) in [6.07, 6.45) is -0.247. The summed E-state index contributed by atoms with van der Waals surface area (Å²) < 4.78 is 0.846. The van der Waals surface area contributed by atoms with Gasteiger partial charge < -0.3 is 5.11 Å². The largest absolute Gasteiger partial charge is 0.531 e. The van der Waals surface area contributed by atoms with Crippen molar-refractivity contribution < 1.29 is 14.7 Å². The second-order valence-corrected chi connectivity index (χ2v) is 2.95. The lowest BCUT2D eigenvalue weighted by Crippen LogP contribution is -2.18. The van der Waals surface area contributed by atoms with Gasteiger partial charge in [0.1, 0.15) is 0 Å². The molecule has 2 aromatic heterocycles. The van der Waals surface area contributed by atoms with Crippen LogP contribution in [0.5, 0.6) is 0 Å². The molecule has 0 unspecified atom stereocenters. The van der Waals surface area contributed by atoms with Gasteiger partial charge in [0.05, 0.1) is 5.39 Å². The summed E-state index contributed by atoms with van der Waals surface area (Å²) in [4.78, 5) is 31.9. The first-order valence-corrected chi connectivity index (χ1v) is 4.14. The minimum Gasteiger partial charge on any atom is -0.448 e. The molecule has 0 spiro atoms. The predicted molar refractivity (Wildman–Crippen MR) is 50.0 cm³/mol. The van der Waals surface area contributed by atoms with Crippen LogP contribution in [0.4, 0.5) is 4.79 Å². The third-order valence-electron chi connectivity index (χ3n) is 1.67. The van der Waals surface area contributed by atoms with Crippen molar-refractivity contribution in [2.75, 3.05) is 0 Å². The lowest BCUT2D eigenvalue weighted by Gasteiger charge is -2.00. The number of nitrogens with zero attached hydrogens (tertiary/aromatic N) is 2. The van der Waals surface area contributed by atoms with Crippen molar-refractivity contribution >= 4 is 28.8 Å². The molecule has 0 saturated heterocycles. The highest BCUT2D eigenvalue weighted by Crippen LogP contribution is 2.09. The Labute approximate surface area is 86.8 Å². The van der Waals surface area contributed by atoms with E-state index in [0.29, 0.717) is 0 Å². The Bertz CT molecular complexity index is 587. The average Bonchev–Trinajstić information content (AvgIpc) is 2.48. The monoisotopic (exact) mass is 229 g/mol. The fourth-order valence-electron chi connectivity index (χ4n) is 1.13. The van der Waals surface area contributed by atoms with Crippen molar-refractivity contribution in [1.82, 2.24) is 14.7 Å². The third kappa shape index (κ3) is 1.64. The lowest BCUT2D eigenvalue weighted by atomic mass is 10.4. The van der Waals surface area contributed by atoms with Gasteiger partial charge in [-0.25, -0.2) is 4.79 Å². The molecule has 0 fully saturated rings. The number of carboxylic acid groups (broad SMARTS) is 1. The molecule has 0 bridgehead atoms. The molecule has 0 radical (unpaired) electrons. The molecule has 7 nitrogen and oxygen atoms in total. The standard InChI is InChI=1S/C7H4ClN3O4/c8-6-9-4-3(5(12)10-6)1-2-11(4)15-7(13)14/h1-2H,(H,13,14)(H,9,10,12). The van der Waals surface area contributed by atoms with Crippen LogP contribution < -0.4 is 10.4 Å². The van der Waals surface area contributed by atoms with Crippen LogP contribution in [-0.4, -0.2) is 26.0 Å². The normalized spacial score (nSPS) is 10.5. The maximum absolute atomic E-state index is 11.3. The Hall–Kier alpha value is -2.02. The zero-order valence-electron chi connectivity index (χ0n) is 7.10. The number of carbonyl (C=O) groups is 1. The third-order valence-corrected chi connectivity index (χ3v) is 1.85. The number of H-pyrrole nitrogens is 1. The highest BCUT2D eigenvalue weighted by atomic mass is 35.5. The van der Waals surface area contributed by atoms with E-state index in [4.69, 9.17) is 16.7 Å². The fraction of sp³-hybridized carbons (Fsp3) is 0. The Balaban J connectivity index is 2.68. The summed E-state index contributed by atoms with van der Waals surface area (Å²) in [5.74, 6) is 0. The van der Waals surface area contributed by atoms with E-state index in [2.05, 4.69) is 14.8 Å². The zero-order chi connectivity index (χ0) is 11.0. The van der Waals surface area contributed by atoms with Gasteiger partial charge in [0.15, 0.2) is 5.65 Å². The van der Waals surface area contributed by atoms with E-state index in [1.54, 1.807) is 0 Å². The van der Waals surface area contributed by atoms with Crippen LogP contribution in [0.25, 0.3) is 11.0 Å². The second-order valence-electron chi connectivity index (χ2n) is 2.59. The maximum atomic E-state index is 11.3. The first-order chi connectivity index (χ1) is 7.08.